The van der Waals surface area contributed by atoms with Gasteiger partial charge in [0, 0.05) is 16.9 Å². The molecule has 0 aliphatic rings. The molecule has 0 saturated carbocycles. The molecule has 0 spiro atoms. The van der Waals surface area contributed by atoms with E-state index in [9.17, 15) is 13.2 Å². The van der Waals surface area contributed by atoms with Gasteiger partial charge >= 0.3 is 0 Å². The third-order valence-corrected chi connectivity index (χ3v) is 6.55. The minimum Gasteiger partial charge on any atom is -0.497 e. The lowest BCUT2D eigenvalue weighted by Crippen LogP contribution is -2.27. The number of benzene rings is 2. The van der Waals surface area contributed by atoms with Gasteiger partial charge in [-0.2, -0.15) is 0 Å². The van der Waals surface area contributed by atoms with Crippen LogP contribution in [0.3, 0.4) is 0 Å². The minimum absolute atomic E-state index is 0.102. The monoisotopic (exact) mass is 422 g/mol. The molecule has 0 heterocycles. The average molecular weight is 423 g/mol. The summed E-state index contributed by atoms with van der Waals surface area (Å²) in [5, 5.41) is 2.81. The van der Waals surface area contributed by atoms with Crippen LogP contribution in [0.25, 0.3) is 0 Å². The van der Waals surface area contributed by atoms with Gasteiger partial charge in [-0.3, -0.25) is 4.79 Å². The van der Waals surface area contributed by atoms with E-state index in [1.54, 1.807) is 52.1 Å². The molecule has 2 rings (SSSR count). The number of thioether (sulfide) groups is 1. The van der Waals surface area contributed by atoms with Gasteiger partial charge in [-0.05, 0) is 49.1 Å². The number of ether oxygens (including phenoxy) is 1. The molecule has 1 atom stereocenters. The number of anilines is 1. The Balaban J connectivity index is 2.27. The standard InChI is InChI=1S/C20H26N2O4S2/c1-13(2)20(23)21-18-12-17(10-11-19(18)27-5)28(24,25)22-14(3)15-6-8-16(26-4)9-7-15/h6-14,22H,1-5H3,(H,21,23)/t14-/m1/s1. The molecule has 152 valence electrons. The smallest absolute Gasteiger partial charge is 0.241 e. The first-order valence-electron chi connectivity index (χ1n) is 8.83. The quantitative estimate of drug-likeness (QED) is 0.627. The summed E-state index contributed by atoms with van der Waals surface area (Å²) < 4.78 is 33.5. The molecule has 8 heteroatoms. The zero-order valence-electron chi connectivity index (χ0n) is 16.6. The number of rotatable bonds is 8. The Morgan fingerprint density at radius 1 is 1.07 bits per heavy atom. The highest BCUT2D eigenvalue weighted by atomic mass is 32.2. The lowest BCUT2D eigenvalue weighted by molar-refractivity contribution is -0.118. The van der Waals surface area contributed by atoms with Crippen LogP contribution in [-0.2, 0) is 14.8 Å². The van der Waals surface area contributed by atoms with Crippen molar-refractivity contribution in [2.75, 3.05) is 18.7 Å². The highest BCUT2D eigenvalue weighted by molar-refractivity contribution is 7.98. The van der Waals surface area contributed by atoms with E-state index in [1.807, 2.05) is 18.4 Å². The maximum Gasteiger partial charge on any atom is 0.241 e. The van der Waals surface area contributed by atoms with Gasteiger partial charge in [0.1, 0.15) is 5.75 Å². The van der Waals surface area contributed by atoms with Crippen LogP contribution in [0.5, 0.6) is 5.75 Å². The van der Waals surface area contributed by atoms with E-state index in [2.05, 4.69) is 10.0 Å². The summed E-state index contributed by atoms with van der Waals surface area (Å²) in [6.07, 6.45) is 1.87. The van der Waals surface area contributed by atoms with Gasteiger partial charge in [-0.25, -0.2) is 13.1 Å². The number of nitrogens with one attached hydrogen (secondary N) is 2. The van der Waals surface area contributed by atoms with Gasteiger partial charge in [0.15, 0.2) is 0 Å². The van der Waals surface area contributed by atoms with Crippen molar-refractivity contribution in [3.63, 3.8) is 0 Å². The molecule has 1 amide bonds. The number of hydrogen-bond acceptors (Lipinski definition) is 5. The fourth-order valence-corrected chi connectivity index (χ4v) is 4.28. The summed E-state index contributed by atoms with van der Waals surface area (Å²) in [5.41, 5.74) is 1.31. The molecule has 0 saturated heterocycles. The fourth-order valence-electron chi connectivity index (χ4n) is 2.49. The molecule has 0 unspecified atom stereocenters. The summed E-state index contributed by atoms with van der Waals surface area (Å²) in [4.78, 5) is 13.0. The van der Waals surface area contributed by atoms with Crippen LogP contribution >= 0.6 is 11.8 Å². The van der Waals surface area contributed by atoms with Gasteiger partial charge in [0.2, 0.25) is 15.9 Å². The molecule has 2 aromatic rings. The van der Waals surface area contributed by atoms with Crippen molar-refractivity contribution in [3.8, 4) is 5.75 Å². The maximum atomic E-state index is 12.9. The Bertz CT molecular complexity index is 926. The first kappa shape index (κ1) is 22.3. The molecule has 2 aromatic carbocycles. The molecule has 0 aliphatic heterocycles. The Kier molecular flexibility index (Phi) is 7.51. The zero-order valence-corrected chi connectivity index (χ0v) is 18.3. The van der Waals surface area contributed by atoms with Gasteiger partial charge in [0.25, 0.3) is 0 Å². The number of hydrogen-bond donors (Lipinski definition) is 2. The van der Waals surface area contributed by atoms with Crippen molar-refractivity contribution in [1.82, 2.24) is 4.72 Å². The van der Waals surface area contributed by atoms with Gasteiger partial charge in [0.05, 0.1) is 17.7 Å². The predicted molar refractivity (Wildman–Crippen MR) is 113 cm³/mol. The first-order chi connectivity index (χ1) is 13.2. The van der Waals surface area contributed by atoms with Gasteiger partial charge in [-0.15, -0.1) is 11.8 Å². The Labute approximate surface area is 171 Å². The maximum absolute atomic E-state index is 12.9. The van der Waals surface area contributed by atoms with Crippen LogP contribution in [0.4, 0.5) is 5.69 Å². The second-order valence-corrected chi connectivity index (χ2v) is 9.18. The molecular weight excluding hydrogens is 396 g/mol. The van der Waals surface area contributed by atoms with Crippen LogP contribution < -0.4 is 14.8 Å². The first-order valence-corrected chi connectivity index (χ1v) is 11.5. The highest BCUT2D eigenvalue weighted by Crippen LogP contribution is 2.29. The molecule has 0 radical (unpaired) electrons. The SMILES string of the molecule is COc1ccc([C@@H](C)NS(=O)(=O)c2ccc(SC)c(NC(=O)C(C)C)c2)cc1. The van der Waals surface area contributed by atoms with E-state index in [1.165, 1.54) is 17.8 Å². The van der Waals surface area contributed by atoms with E-state index >= 15 is 0 Å². The fraction of sp³-hybridized carbons (Fsp3) is 0.350. The normalized spacial score (nSPS) is 12.6. The Morgan fingerprint density at radius 3 is 2.25 bits per heavy atom. The number of methoxy groups -OCH3 is 1. The van der Waals surface area contributed by atoms with E-state index in [0.717, 1.165) is 10.5 Å². The summed E-state index contributed by atoms with van der Waals surface area (Å²) in [7, 11) is -2.19. The van der Waals surface area contributed by atoms with E-state index in [4.69, 9.17) is 4.74 Å². The average Bonchev–Trinajstić information content (AvgIpc) is 2.67. The van der Waals surface area contributed by atoms with E-state index in [0.29, 0.717) is 11.4 Å². The molecule has 0 bridgehead atoms. The van der Waals surface area contributed by atoms with Crippen molar-refractivity contribution < 1.29 is 17.9 Å². The molecule has 0 aromatic heterocycles. The number of amides is 1. The Morgan fingerprint density at radius 2 is 1.71 bits per heavy atom. The Hall–Kier alpha value is -2.03. The van der Waals surface area contributed by atoms with Crippen molar-refractivity contribution in [1.29, 1.82) is 0 Å². The van der Waals surface area contributed by atoms with Crippen LogP contribution in [0, 0.1) is 5.92 Å². The summed E-state index contributed by atoms with van der Waals surface area (Å²) in [6, 6.07) is 11.5. The molecular formula is C20H26N2O4S2. The molecule has 6 nitrogen and oxygen atoms in total. The minimum atomic E-state index is -3.77. The third-order valence-electron chi connectivity index (χ3n) is 4.21. The highest BCUT2D eigenvalue weighted by Gasteiger charge is 2.21. The van der Waals surface area contributed by atoms with Crippen LogP contribution in [0.15, 0.2) is 52.3 Å². The van der Waals surface area contributed by atoms with Gasteiger partial charge in [-0.1, -0.05) is 26.0 Å². The summed E-state index contributed by atoms with van der Waals surface area (Å²) in [5.74, 6) is 0.338. The molecule has 28 heavy (non-hydrogen) atoms. The van der Waals surface area contributed by atoms with Crippen LogP contribution in [0.2, 0.25) is 0 Å². The molecule has 2 N–H and O–H groups in total. The largest absolute Gasteiger partial charge is 0.497 e. The lowest BCUT2D eigenvalue weighted by Gasteiger charge is -2.17. The van der Waals surface area contributed by atoms with E-state index in [-0.39, 0.29) is 16.7 Å². The number of carbonyl (C=O) groups excluding carboxylic acids is 1. The predicted octanol–water partition coefficient (Wildman–Crippen LogP) is 4.05. The second kappa shape index (κ2) is 9.45. The third kappa shape index (κ3) is 5.50. The van der Waals surface area contributed by atoms with Crippen molar-refractivity contribution >= 4 is 33.4 Å². The van der Waals surface area contributed by atoms with Crippen molar-refractivity contribution in [3.05, 3.63) is 48.0 Å². The zero-order chi connectivity index (χ0) is 20.9. The molecule has 0 aliphatic carbocycles. The number of carbonyl (C=O) groups is 1. The summed E-state index contributed by atoms with van der Waals surface area (Å²) in [6.45, 7) is 5.34. The lowest BCUT2D eigenvalue weighted by atomic mass is 10.1. The van der Waals surface area contributed by atoms with Crippen LogP contribution in [0.1, 0.15) is 32.4 Å². The van der Waals surface area contributed by atoms with Gasteiger partial charge < -0.3 is 10.1 Å². The van der Waals surface area contributed by atoms with Crippen molar-refractivity contribution in [2.24, 2.45) is 5.92 Å². The van der Waals surface area contributed by atoms with E-state index < -0.39 is 16.1 Å². The topological polar surface area (TPSA) is 84.5 Å². The molecule has 0 fully saturated rings. The number of sulfonamides is 1. The van der Waals surface area contributed by atoms with Crippen LogP contribution in [-0.4, -0.2) is 27.7 Å². The van der Waals surface area contributed by atoms with Crippen molar-refractivity contribution in [2.45, 2.75) is 36.6 Å². The summed E-state index contributed by atoms with van der Waals surface area (Å²) >= 11 is 1.44. The second-order valence-electron chi connectivity index (χ2n) is 6.62.